The molecule has 154 valence electrons. The fraction of sp³-hybridized carbons (Fsp3) is 0.591. The second-order valence-corrected chi connectivity index (χ2v) is 17.0. The summed E-state index contributed by atoms with van der Waals surface area (Å²) >= 11 is 0. The molecule has 0 radical (unpaired) electrons. The van der Waals surface area contributed by atoms with Gasteiger partial charge < -0.3 is 0 Å². The molecule has 1 spiro atoms. The molecule has 0 unspecified atom stereocenters. The molecular formula is C22H33NO3SSi. The zero-order valence-corrected chi connectivity index (χ0v) is 19.8. The largest absolute Gasteiger partial charge is 0.268 e. The number of carbonyl (C=O) groups excluding carboxylic acids is 1. The smallest absolute Gasteiger partial charge is 0.267 e. The van der Waals surface area contributed by atoms with Gasteiger partial charge in [-0.05, 0) is 36.9 Å². The van der Waals surface area contributed by atoms with Crippen LogP contribution in [0, 0.1) is 6.92 Å². The van der Waals surface area contributed by atoms with Gasteiger partial charge in [-0.25, -0.2) is 12.7 Å². The molecule has 2 fully saturated rings. The van der Waals surface area contributed by atoms with E-state index in [9.17, 15) is 13.2 Å². The summed E-state index contributed by atoms with van der Waals surface area (Å²) in [5.41, 5.74) is 3.31. The summed E-state index contributed by atoms with van der Waals surface area (Å²) in [6.07, 6.45) is 4.50. The molecule has 0 atom stereocenters. The van der Waals surface area contributed by atoms with Crippen molar-refractivity contribution in [3.63, 3.8) is 0 Å². The topological polar surface area (TPSA) is 54.5 Å². The molecular weight excluding hydrogens is 386 g/mol. The predicted octanol–water partition coefficient (Wildman–Crippen LogP) is 5.20. The molecule has 1 aliphatic carbocycles. The monoisotopic (exact) mass is 419 g/mol. The van der Waals surface area contributed by atoms with Gasteiger partial charge in [-0.1, -0.05) is 76.5 Å². The summed E-state index contributed by atoms with van der Waals surface area (Å²) in [6.45, 7) is 13.1. The minimum Gasteiger partial charge on any atom is -0.268 e. The van der Waals surface area contributed by atoms with Gasteiger partial charge in [-0.3, -0.25) is 4.79 Å². The molecule has 0 aromatic heterocycles. The molecule has 1 heterocycles. The molecule has 1 aliphatic heterocycles. The van der Waals surface area contributed by atoms with Crippen molar-refractivity contribution in [1.29, 1.82) is 0 Å². The SMILES string of the molecule is Cc1ccc(S(=O)(=O)N2C(=O)/C(=C\[Si](C)(C)C(C)(C)C)C23CCCCC3)cc1. The van der Waals surface area contributed by atoms with Crippen LogP contribution in [0.1, 0.15) is 58.4 Å². The van der Waals surface area contributed by atoms with Crippen LogP contribution in [0.25, 0.3) is 0 Å². The van der Waals surface area contributed by atoms with Crippen LogP contribution in [0.3, 0.4) is 0 Å². The first-order chi connectivity index (χ1) is 12.8. The standard InChI is InChI=1S/C22H33NO3SSi/c1-17-10-12-18(13-11-17)27(25,26)23-20(24)19(16-28(5,6)21(2,3)4)22(23)14-8-7-9-15-22/h10-13,16H,7-9,14-15H2,1-6H3/b19-16+. The van der Waals surface area contributed by atoms with Crippen LogP contribution in [0.5, 0.6) is 0 Å². The number of hydrogen-bond donors (Lipinski definition) is 0. The number of benzene rings is 1. The molecule has 1 aromatic carbocycles. The molecule has 4 nitrogen and oxygen atoms in total. The second kappa shape index (κ2) is 6.84. The first-order valence-corrected chi connectivity index (χ1v) is 14.7. The maximum Gasteiger partial charge on any atom is 0.267 e. The maximum atomic E-state index is 13.4. The van der Waals surface area contributed by atoms with E-state index in [4.69, 9.17) is 0 Å². The third-order valence-electron chi connectivity index (χ3n) is 6.98. The van der Waals surface area contributed by atoms with Crippen LogP contribution in [-0.4, -0.2) is 32.2 Å². The number of nitrogens with zero attached hydrogens (tertiary/aromatic N) is 1. The van der Waals surface area contributed by atoms with E-state index in [0.29, 0.717) is 0 Å². The molecule has 0 bridgehead atoms. The van der Waals surface area contributed by atoms with Gasteiger partial charge in [0.2, 0.25) is 0 Å². The van der Waals surface area contributed by atoms with Gasteiger partial charge >= 0.3 is 0 Å². The summed E-state index contributed by atoms with van der Waals surface area (Å²) < 4.78 is 28.0. The number of rotatable bonds is 3. The van der Waals surface area contributed by atoms with Crippen LogP contribution in [-0.2, 0) is 14.8 Å². The number of carbonyl (C=O) groups is 1. The second-order valence-electron chi connectivity index (χ2n) is 10.0. The molecule has 0 N–H and O–H groups in total. The van der Waals surface area contributed by atoms with Gasteiger partial charge in [0, 0.05) is 5.57 Å². The average molecular weight is 420 g/mol. The van der Waals surface area contributed by atoms with Crippen molar-refractivity contribution in [2.45, 2.75) is 88.4 Å². The van der Waals surface area contributed by atoms with Gasteiger partial charge in [-0.15, -0.1) is 0 Å². The van der Waals surface area contributed by atoms with Gasteiger partial charge in [-0.2, -0.15) is 0 Å². The van der Waals surface area contributed by atoms with E-state index in [1.54, 1.807) is 24.3 Å². The van der Waals surface area contributed by atoms with E-state index in [1.807, 2.05) is 6.92 Å². The Morgan fingerprint density at radius 2 is 1.57 bits per heavy atom. The molecule has 1 amide bonds. The summed E-state index contributed by atoms with van der Waals surface area (Å²) in [6, 6.07) is 6.81. The normalized spacial score (nSPS) is 21.9. The lowest BCUT2D eigenvalue weighted by Crippen LogP contribution is -2.68. The number of hydrogen-bond acceptors (Lipinski definition) is 3. The Bertz CT molecular complexity index is 902. The Morgan fingerprint density at radius 1 is 1.04 bits per heavy atom. The lowest BCUT2D eigenvalue weighted by Gasteiger charge is -2.55. The fourth-order valence-electron chi connectivity index (χ4n) is 4.10. The van der Waals surface area contributed by atoms with Gasteiger partial charge in [0.15, 0.2) is 0 Å². The van der Waals surface area contributed by atoms with Crippen LogP contribution >= 0.6 is 0 Å². The van der Waals surface area contributed by atoms with E-state index >= 15 is 0 Å². The summed E-state index contributed by atoms with van der Waals surface area (Å²) in [4.78, 5) is 13.4. The molecule has 1 saturated heterocycles. The Hall–Kier alpha value is -1.40. The summed E-state index contributed by atoms with van der Waals surface area (Å²) in [7, 11) is -5.71. The highest BCUT2D eigenvalue weighted by atomic mass is 32.2. The van der Waals surface area contributed by atoms with Crippen molar-refractivity contribution in [3.05, 3.63) is 41.1 Å². The first kappa shape index (κ1) is 21.3. The Balaban J connectivity index is 2.09. The first-order valence-electron chi connectivity index (χ1n) is 10.2. The third kappa shape index (κ3) is 3.28. The van der Waals surface area contributed by atoms with Crippen molar-refractivity contribution in [2.75, 3.05) is 0 Å². The third-order valence-corrected chi connectivity index (χ3v) is 13.7. The van der Waals surface area contributed by atoms with Gasteiger partial charge in [0.05, 0.1) is 18.5 Å². The van der Waals surface area contributed by atoms with E-state index in [-0.39, 0.29) is 15.8 Å². The van der Waals surface area contributed by atoms with E-state index in [0.717, 1.165) is 43.2 Å². The van der Waals surface area contributed by atoms with Crippen molar-refractivity contribution in [2.24, 2.45) is 0 Å². The number of β-lactam (4-membered cyclic amide) rings is 1. The van der Waals surface area contributed by atoms with Crippen LogP contribution in [0.2, 0.25) is 18.1 Å². The average Bonchev–Trinajstić information content (AvgIpc) is 2.60. The van der Waals surface area contributed by atoms with Crippen LogP contribution in [0.15, 0.2) is 40.4 Å². The number of aryl methyl sites for hydroxylation is 1. The van der Waals surface area contributed by atoms with E-state index < -0.39 is 23.6 Å². The molecule has 28 heavy (non-hydrogen) atoms. The lowest BCUT2D eigenvalue weighted by molar-refractivity contribution is -0.136. The minimum atomic E-state index is -3.84. The van der Waals surface area contributed by atoms with E-state index in [2.05, 4.69) is 39.6 Å². The number of sulfonamides is 1. The number of amides is 1. The Labute approximate surface area is 171 Å². The van der Waals surface area contributed by atoms with Crippen molar-refractivity contribution < 1.29 is 13.2 Å². The highest BCUT2D eigenvalue weighted by Gasteiger charge is 2.61. The predicted molar refractivity (Wildman–Crippen MR) is 116 cm³/mol. The quantitative estimate of drug-likeness (QED) is 0.384. The highest BCUT2D eigenvalue weighted by molar-refractivity contribution is 7.89. The van der Waals surface area contributed by atoms with Gasteiger partial charge in [0.1, 0.15) is 0 Å². The van der Waals surface area contributed by atoms with Gasteiger partial charge in [0.25, 0.3) is 15.9 Å². The minimum absolute atomic E-state index is 0.104. The lowest BCUT2D eigenvalue weighted by atomic mass is 9.71. The van der Waals surface area contributed by atoms with Crippen molar-refractivity contribution >= 4 is 24.0 Å². The van der Waals surface area contributed by atoms with Crippen molar-refractivity contribution in [3.8, 4) is 0 Å². The van der Waals surface area contributed by atoms with E-state index in [1.165, 1.54) is 4.31 Å². The highest BCUT2D eigenvalue weighted by Crippen LogP contribution is 2.52. The molecule has 3 rings (SSSR count). The van der Waals surface area contributed by atoms with Crippen LogP contribution in [0.4, 0.5) is 0 Å². The zero-order valence-electron chi connectivity index (χ0n) is 18.0. The fourth-order valence-corrected chi connectivity index (χ4v) is 7.39. The zero-order chi connectivity index (χ0) is 21.0. The molecule has 6 heteroatoms. The van der Waals surface area contributed by atoms with Crippen molar-refractivity contribution in [1.82, 2.24) is 4.31 Å². The molecule has 2 aliphatic rings. The molecule has 1 aromatic rings. The Morgan fingerprint density at radius 3 is 2.07 bits per heavy atom. The Kier molecular flexibility index (Phi) is 5.20. The summed E-state index contributed by atoms with van der Waals surface area (Å²) in [5, 5.41) is 0.104. The molecule has 1 saturated carbocycles. The maximum absolute atomic E-state index is 13.4. The summed E-state index contributed by atoms with van der Waals surface area (Å²) in [5.74, 6) is -0.313. The van der Waals surface area contributed by atoms with Crippen LogP contribution < -0.4 is 0 Å².